The molecule has 1 aromatic rings. The number of amides is 1. The average molecular weight is 455 g/mol. The zero-order valence-corrected chi connectivity index (χ0v) is 21.6. The highest BCUT2D eigenvalue weighted by Crippen LogP contribution is 2.41. The quantitative estimate of drug-likeness (QED) is 0.398. The molecule has 1 amide bonds. The topological polar surface area (TPSA) is 32.7 Å². The van der Waals surface area contributed by atoms with Crippen molar-refractivity contribution in [3.05, 3.63) is 46.5 Å². The Hall–Kier alpha value is -1.97. The molecule has 4 heteroatoms. The number of carbonyl (C=O) groups excluding carboxylic acids is 1. The lowest BCUT2D eigenvalue weighted by molar-refractivity contribution is -0.124. The summed E-state index contributed by atoms with van der Waals surface area (Å²) in [5.74, 6) is 2.03. The van der Waals surface area contributed by atoms with Crippen LogP contribution in [0.4, 0.5) is 4.39 Å². The van der Waals surface area contributed by atoms with Gasteiger partial charge in [-0.25, -0.2) is 4.39 Å². The van der Waals surface area contributed by atoms with Crippen LogP contribution in [0.15, 0.2) is 40.4 Å². The van der Waals surface area contributed by atoms with Crippen molar-refractivity contribution < 1.29 is 9.18 Å². The molecule has 1 aliphatic heterocycles. The van der Waals surface area contributed by atoms with Gasteiger partial charge in [-0.3, -0.25) is 14.7 Å². The monoisotopic (exact) mass is 454 g/mol. The molecule has 1 aromatic carbocycles. The van der Waals surface area contributed by atoms with Gasteiger partial charge in [-0.15, -0.1) is 0 Å². The van der Waals surface area contributed by atoms with Gasteiger partial charge in [-0.2, -0.15) is 0 Å². The molecule has 33 heavy (non-hydrogen) atoms. The molecule has 3 nitrogen and oxygen atoms in total. The minimum Gasteiger partial charge on any atom is -0.292 e. The van der Waals surface area contributed by atoms with E-state index >= 15 is 4.39 Å². The van der Waals surface area contributed by atoms with Crippen LogP contribution >= 0.6 is 0 Å². The van der Waals surface area contributed by atoms with Crippen molar-refractivity contribution in [2.75, 3.05) is 6.54 Å². The number of alkyl halides is 1. The Bertz CT molecular complexity index is 883. The maximum absolute atomic E-state index is 15.3. The SMILES string of the molecule is CCCN=C1CCC(C)C2=C(CC(CC)C2)C(=O)N1Cc1ccc(C(C)(F)C(C)CC)cc1. The summed E-state index contributed by atoms with van der Waals surface area (Å²) in [7, 11) is 0. The Morgan fingerprint density at radius 3 is 2.48 bits per heavy atom. The van der Waals surface area contributed by atoms with Crippen molar-refractivity contribution in [1.82, 2.24) is 4.90 Å². The molecule has 0 N–H and O–H groups in total. The van der Waals surface area contributed by atoms with Gasteiger partial charge in [0.15, 0.2) is 0 Å². The molecule has 182 valence electrons. The first-order valence-corrected chi connectivity index (χ1v) is 13.1. The van der Waals surface area contributed by atoms with Crippen molar-refractivity contribution in [2.24, 2.45) is 22.7 Å². The molecular formula is C29H43FN2O. The van der Waals surface area contributed by atoms with Crippen molar-refractivity contribution in [3.63, 3.8) is 0 Å². The van der Waals surface area contributed by atoms with Gasteiger partial charge in [-0.05, 0) is 61.5 Å². The molecule has 0 saturated heterocycles. The predicted octanol–water partition coefficient (Wildman–Crippen LogP) is 7.60. The maximum Gasteiger partial charge on any atom is 0.255 e. The lowest BCUT2D eigenvalue weighted by Crippen LogP contribution is -2.39. The normalized spacial score (nSPS) is 25.6. The zero-order chi connectivity index (χ0) is 24.2. The van der Waals surface area contributed by atoms with E-state index in [1.165, 1.54) is 5.57 Å². The first-order chi connectivity index (χ1) is 15.7. The van der Waals surface area contributed by atoms with Crippen LogP contribution in [-0.4, -0.2) is 23.2 Å². The number of nitrogens with zero attached hydrogens (tertiary/aromatic N) is 2. The van der Waals surface area contributed by atoms with Crippen molar-refractivity contribution in [2.45, 2.75) is 98.7 Å². The number of benzene rings is 1. The standard InChI is InChI=1S/C29H43FN2O/c1-7-16-31-27-15-10-20(4)25-17-22(9-3)18-26(25)28(33)32(27)19-23-11-13-24(14-12-23)29(6,30)21(5)8-2/h11-14,20-22H,7-10,15-19H2,1-6H3. The molecule has 2 aliphatic rings. The molecule has 0 fully saturated rings. The van der Waals surface area contributed by atoms with E-state index in [1.807, 2.05) is 43.0 Å². The number of carbonyl (C=O) groups is 1. The van der Waals surface area contributed by atoms with E-state index in [4.69, 9.17) is 4.99 Å². The number of hydrogen-bond acceptors (Lipinski definition) is 2. The molecular weight excluding hydrogens is 411 g/mol. The second kappa shape index (κ2) is 11.0. The van der Waals surface area contributed by atoms with Crippen LogP contribution < -0.4 is 0 Å². The summed E-state index contributed by atoms with van der Waals surface area (Å²) in [5.41, 5.74) is 2.79. The van der Waals surface area contributed by atoms with Gasteiger partial charge in [0, 0.05) is 18.5 Å². The smallest absolute Gasteiger partial charge is 0.255 e. The van der Waals surface area contributed by atoms with Gasteiger partial charge in [0.05, 0.1) is 6.54 Å². The first-order valence-electron chi connectivity index (χ1n) is 13.1. The second-order valence-corrected chi connectivity index (χ2v) is 10.4. The van der Waals surface area contributed by atoms with E-state index in [-0.39, 0.29) is 11.8 Å². The van der Waals surface area contributed by atoms with Crippen molar-refractivity contribution in [1.29, 1.82) is 0 Å². The Balaban J connectivity index is 1.91. The molecule has 4 unspecified atom stereocenters. The van der Waals surface area contributed by atoms with Gasteiger partial charge >= 0.3 is 0 Å². The lowest BCUT2D eigenvalue weighted by Gasteiger charge is -2.30. The number of hydrogen-bond donors (Lipinski definition) is 0. The summed E-state index contributed by atoms with van der Waals surface area (Å²) in [6.07, 6.45) is 6.69. The Morgan fingerprint density at radius 2 is 1.88 bits per heavy atom. The number of allylic oxidation sites excluding steroid dienone is 1. The average Bonchev–Trinajstić information content (AvgIpc) is 3.26. The minimum absolute atomic E-state index is 0.0479. The van der Waals surface area contributed by atoms with Gasteiger partial charge in [0.25, 0.3) is 5.91 Å². The molecule has 1 heterocycles. The van der Waals surface area contributed by atoms with E-state index in [2.05, 4.69) is 20.8 Å². The molecule has 0 spiro atoms. The largest absolute Gasteiger partial charge is 0.292 e. The summed E-state index contributed by atoms with van der Waals surface area (Å²) >= 11 is 0. The molecule has 0 saturated carbocycles. The van der Waals surface area contributed by atoms with Crippen LogP contribution in [0.25, 0.3) is 0 Å². The van der Waals surface area contributed by atoms with Crippen LogP contribution in [0.3, 0.4) is 0 Å². The number of amidine groups is 1. The van der Waals surface area contributed by atoms with E-state index in [1.54, 1.807) is 6.92 Å². The number of aliphatic imine (C=N–C) groups is 1. The third kappa shape index (κ3) is 5.58. The summed E-state index contributed by atoms with van der Waals surface area (Å²) in [6.45, 7) is 13.5. The van der Waals surface area contributed by atoms with Gasteiger partial charge in [-0.1, -0.05) is 77.3 Å². The van der Waals surface area contributed by atoms with Crippen LogP contribution in [-0.2, 0) is 17.0 Å². The van der Waals surface area contributed by atoms with E-state index < -0.39 is 5.67 Å². The van der Waals surface area contributed by atoms with E-state index in [0.717, 1.165) is 68.5 Å². The fraction of sp³-hybridized carbons (Fsp3) is 0.655. The summed E-state index contributed by atoms with van der Waals surface area (Å²) in [5, 5.41) is 0. The third-order valence-corrected chi connectivity index (χ3v) is 8.09. The van der Waals surface area contributed by atoms with Gasteiger partial charge in [0.1, 0.15) is 11.5 Å². The molecule has 3 rings (SSSR count). The zero-order valence-electron chi connectivity index (χ0n) is 21.6. The molecule has 0 bridgehead atoms. The van der Waals surface area contributed by atoms with Crippen molar-refractivity contribution in [3.8, 4) is 0 Å². The van der Waals surface area contributed by atoms with Crippen molar-refractivity contribution >= 4 is 11.7 Å². The first kappa shape index (κ1) is 25.6. The lowest BCUT2D eigenvalue weighted by atomic mass is 9.84. The maximum atomic E-state index is 15.3. The molecule has 0 radical (unpaired) electrons. The highest BCUT2D eigenvalue weighted by Gasteiger charge is 2.36. The molecule has 0 aromatic heterocycles. The molecule has 4 atom stereocenters. The Labute approximate surface area is 200 Å². The summed E-state index contributed by atoms with van der Waals surface area (Å²) in [6, 6.07) is 7.77. The van der Waals surface area contributed by atoms with E-state index in [9.17, 15) is 4.79 Å². The predicted molar refractivity (Wildman–Crippen MR) is 136 cm³/mol. The second-order valence-electron chi connectivity index (χ2n) is 10.4. The Morgan fingerprint density at radius 1 is 1.18 bits per heavy atom. The van der Waals surface area contributed by atoms with Gasteiger partial charge < -0.3 is 0 Å². The summed E-state index contributed by atoms with van der Waals surface area (Å²) < 4.78 is 15.3. The third-order valence-electron chi connectivity index (χ3n) is 8.09. The molecule has 1 aliphatic carbocycles. The van der Waals surface area contributed by atoms with Crippen LogP contribution in [0.1, 0.15) is 97.6 Å². The van der Waals surface area contributed by atoms with Crippen LogP contribution in [0, 0.1) is 17.8 Å². The van der Waals surface area contributed by atoms with Crippen LogP contribution in [0.2, 0.25) is 0 Å². The number of rotatable bonds is 8. The number of halogens is 1. The van der Waals surface area contributed by atoms with Crippen LogP contribution in [0.5, 0.6) is 0 Å². The summed E-state index contributed by atoms with van der Waals surface area (Å²) in [4.78, 5) is 20.6. The minimum atomic E-state index is -1.35. The fourth-order valence-corrected chi connectivity index (χ4v) is 5.23. The highest BCUT2D eigenvalue weighted by atomic mass is 19.1. The van der Waals surface area contributed by atoms with Gasteiger partial charge in [0.2, 0.25) is 0 Å². The van der Waals surface area contributed by atoms with E-state index in [0.29, 0.717) is 23.9 Å². The fourth-order valence-electron chi connectivity index (χ4n) is 5.23. The highest BCUT2D eigenvalue weighted by molar-refractivity contribution is 6.07. The Kier molecular flexibility index (Phi) is 8.53.